The number of carbonyl (C=O) groups is 2. The smallest absolute Gasteiger partial charge is 0.312 e. The van der Waals surface area contributed by atoms with Crippen LogP contribution in [0.3, 0.4) is 0 Å². The van der Waals surface area contributed by atoms with E-state index >= 15 is 0 Å². The highest BCUT2D eigenvalue weighted by atomic mass is 16.6. The summed E-state index contributed by atoms with van der Waals surface area (Å²) in [6.45, 7) is 2.50. The van der Waals surface area contributed by atoms with Gasteiger partial charge in [0.05, 0.1) is 31.2 Å². The Kier molecular flexibility index (Phi) is 4.28. The maximum absolute atomic E-state index is 13.7. The topological polar surface area (TPSA) is 55.8 Å². The lowest BCUT2D eigenvalue weighted by atomic mass is 9.77. The molecular weight excluding hydrogens is 366 g/mol. The second-order valence-electron chi connectivity index (χ2n) is 7.84. The summed E-state index contributed by atoms with van der Waals surface area (Å²) in [6.07, 6.45) is 3.51. The van der Waals surface area contributed by atoms with Gasteiger partial charge < -0.3 is 14.4 Å². The first-order valence-electron chi connectivity index (χ1n) is 10.1. The molecule has 0 saturated carbocycles. The summed E-state index contributed by atoms with van der Waals surface area (Å²) in [5, 5.41) is 0. The molecule has 0 N–H and O–H groups in total. The molecule has 2 fully saturated rings. The molecule has 1 spiro atoms. The molecule has 5 nitrogen and oxygen atoms in total. The third kappa shape index (κ3) is 2.72. The van der Waals surface area contributed by atoms with Crippen LogP contribution in [0.15, 0.2) is 72.8 Å². The van der Waals surface area contributed by atoms with Gasteiger partial charge in [-0.25, -0.2) is 0 Å². The van der Waals surface area contributed by atoms with E-state index in [1.54, 1.807) is 6.92 Å². The number of esters is 1. The van der Waals surface area contributed by atoms with Gasteiger partial charge in [-0.05, 0) is 18.1 Å². The molecule has 2 aromatic rings. The van der Waals surface area contributed by atoms with Crippen molar-refractivity contribution in [1.82, 2.24) is 4.90 Å². The Morgan fingerprint density at radius 2 is 1.76 bits per heavy atom. The molecule has 2 saturated heterocycles. The van der Waals surface area contributed by atoms with Crippen LogP contribution in [0.5, 0.6) is 0 Å². The van der Waals surface area contributed by atoms with E-state index in [4.69, 9.17) is 9.47 Å². The van der Waals surface area contributed by atoms with Crippen molar-refractivity contribution in [1.29, 1.82) is 0 Å². The summed E-state index contributed by atoms with van der Waals surface area (Å²) < 4.78 is 11.5. The normalized spacial score (nSPS) is 29.5. The minimum atomic E-state index is -0.749. The largest absolute Gasteiger partial charge is 0.466 e. The molecule has 3 heterocycles. The Bertz CT molecular complexity index is 918. The molecule has 4 unspecified atom stereocenters. The van der Waals surface area contributed by atoms with Crippen molar-refractivity contribution in [2.24, 2.45) is 11.8 Å². The van der Waals surface area contributed by atoms with E-state index in [0.29, 0.717) is 13.2 Å². The monoisotopic (exact) mass is 389 g/mol. The number of hydrogen-bond donors (Lipinski definition) is 0. The summed E-state index contributed by atoms with van der Waals surface area (Å²) in [4.78, 5) is 28.2. The molecular formula is C24H23NO4. The minimum Gasteiger partial charge on any atom is -0.466 e. The van der Waals surface area contributed by atoms with Crippen molar-refractivity contribution in [2.45, 2.75) is 24.7 Å². The highest BCUT2D eigenvalue weighted by molar-refractivity contribution is 5.91. The number of hydrogen-bond acceptors (Lipinski definition) is 4. The van der Waals surface area contributed by atoms with Gasteiger partial charge in [0.15, 0.2) is 0 Å². The first-order chi connectivity index (χ1) is 14.1. The number of amides is 1. The molecule has 3 aliphatic heterocycles. The standard InChI is InChI=1S/C24H23NO4/c1-2-28-23(27)19-18-13-14-24(29-18)15-25(22(26)20(19)24)21(16-9-5-3-6-10-16)17-11-7-4-8-12-17/h3-14,18-21H,2,15H2,1H3. The Labute approximate surface area is 169 Å². The van der Waals surface area contributed by atoms with Crippen LogP contribution in [0.4, 0.5) is 0 Å². The van der Waals surface area contributed by atoms with E-state index in [-0.39, 0.29) is 24.0 Å². The van der Waals surface area contributed by atoms with E-state index in [2.05, 4.69) is 0 Å². The van der Waals surface area contributed by atoms with Crippen LogP contribution in [0.2, 0.25) is 0 Å². The molecule has 2 bridgehead atoms. The van der Waals surface area contributed by atoms with Gasteiger partial charge in [-0.15, -0.1) is 0 Å². The van der Waals surface area contributed by atoms with Crippen molar-refractivity contribution >= 4 is 11.9 Å². The van der Waals surface area contributed by atoms with Gasteiger partial charge in [-0.1, -0.05) is 72.8 Å². The highest BCUT2D eigenvalue weighted by Crippen LogP contribution is 2.54. The summed E-state index contributed by atoms with van der Waals surface area (Å²) >= 11 is 0. The van der Waals surface area contributed by atoms with Crippen molar-refractivity contribution < 1.29 is 19.1 Å². The van der Waals surface area contributed by atoms with E-state index in [1.807, 2.05) is 77.7 Å². The van der Waals surface area contributed by atoms with E-state index < -0.39 is 17.4 Å². The SMILES string of the molecule is CCOC(=O)C1C2C=CC3(CN(C(c4ccccc4)c4ccccc4)C(=O)C13)O2. The summed E-state index contributed by atoms with van der Waals surface area (Å²) in [6, 6.07) is 19.8. The van der Waals surface area contributed by atoms with E-state index in [1.165, 1.54) is 0 Å². The fraction of sp³-hybridized carbons (Fsp3) is 0.333. The van der Waals surface area contributed by atoms with Gasteiger partial charge in [0.25, 0.3) is 0 Å². The van der Waals surface area contributed by atoms with Gasteiger partial charge in [-0.3, -0.25) is 9.59 Å². The van der Waals surface area contributed by atoms with Crippen LogP contribution in [0.25, 0.3) is 0 Å². The molecule has 29 heavy (non-hydrogen) atoms. The van der Waals surface area contributed by atoms with Gasteiger partial charge in [0.2, 0.25) is 5.91 Å². The molecule has 0 aliphatic carbocycles. The van der Waals surface area contributed by atoms with E-state index in [0.717, 1.165) is 11.1 Å². The predicted molar refractivity (Wildman–Crippen MR) is 107 cm³/mol. The molecule has 5 heteroatoms. The average molecular weight is 389 g/mol. The van der Waals surface area contributed by atoms with Crippen LogP contribution < -0.4 is 0 Å². The number of rotatable bonds is 5. The zero-order valence-corrected chi connectivity index (χ0v) is 16.2. The number of ether oxygens (including phenoxy) is 2. The quantitative estimate of drug-likeness (QED) is 0.582. The molecule has 4 atom stereocenters. The summed E-state index contributed by atoms with van der Waals surface area (Å²) in [5.41, 5.74) is 1.32. The van der Waals surface area contributed by atoms with Crippen LogP contribution in [0, 0.1) is 11.8 Å². The van der Waals surface area contributed by atoms with Crippen molar-refractivity contribution in [3.63, 3.8) is 0 Å². The third-order valence-corrected chi connectivity index (χ3v) is 6.23. The van der Waals surface area contributed by atoms with E-state index in [9.17, 15) is 9.59 Å². The first kappa shape index (κ1) is 18.1. The average Bonchev–Trinajstić information content (AvgIpc) is 3.39. The number of benzene rings is 2. The maximum Gasteiger partial charge on any atom is 0.312 e. The Morgan fingerprint density at radius 3 is 2.34 bits per heavy atom. The fourth-order valence-corrected chi connectivity index (χ4v) is 5.08. The zero-order valence-electron chi connectivity index (χ0n) is 16.2. The van der Waals surface area contributed by atoms with Crippen molar-refractivity contribution in [2.75, 3.05) is 13.2 Å². The van der Waals surface area contributed by atoms with Crippen molar-refractivity contribution in [3.8, 4) is 0 Å². The Hall–Kier alpha value is -2.92. The molecule has 0 aromatic heterocycles. The minimum absolute atomic E-state index is 0.0485. The molecule has 3 aliphatic rings. The predicted octanol–water partition coefficient (Wildman–Crippen LogP) is 3.12. The number of likely N-dealkylation sites (tertiary alicyclic amines) is 1. The molecule has 2 aromatic carbocycles. The molecule has 5 rings (SSSR count). The zero-order chi connectivity index (χ0) is 20.0. The lowest BCUT2D eigenvalue weighted by molar-refractivity contribution is -0.153. The Morgan fingerprint density at radius 1 is 1.14 bits per heavy atom. The lowest BCUT2D eigenvalue weighted by Crippen LogP contribution is -2.40. The first-order valence-corrected chi connectivity index (χ1v) is 10.1. The van der Waals surface area contributed by atoms with Gasteiger partial charge in [0.1, 0.15) is 11.5 Å². The van der Waals surface area contributed by atoms with Gasteiger partial charge >= 0.3 is 5.97 Å². The fourth-order valence-electron chi connectivity index (χ4n) is 5.08. The second-order valence-corrected chi connectivity index (χ2v) is 7.84. The second kappa shape index (κ2) is 6.85. The van der Waals surface area contributed by atoms with Gasteiger partial charge in [0, 0.05) is 0 Å². The van der Waals surface area contributed by atoms with Crippen LogP contribution >= 0.6 is 0 Å². The van der Waals surface area contributed by atoms with Gasteiger partial charge in [-0.2, -0.15) is 0 Å². The number of nitrogens with zero attached hydrogens (tertiary/aromatic N) is 1. The number of carbonyl (C=O) groups excluding carboxylic acids is 2. The molecule has 0 radical (unpaired) electrons. The van der Waals surface area contributed by atoms with Crippen LogP contribution in [0.1, 0.15) is 24.1 Å². The molecule has 1 amide bonds. The summed E-state index contributed by atoms with van der Waals surface area (Å²) in [5.74, 6) is -1.51. The highest BCUT2D eigenvalue weighted by Gasteiger charge is 2.68. The summed E-state index contributed by atoms with van der Waals surface area (Å²) in [7, 11) is 0. The third-order valence-electron chi connectivity index (χ3n) is 6.23. The van der Waals surface area contributed by atoms with Crippen LogP contribution in [-0.4, -0.2) is 41.6 Å². The molecule has 148 valence electrons. The Balaban J connectivity index is 1.55. The van der Waals surface area contributed by atoms with Crippen LogP contribution in [-0.2, 0) is 19.1 Å². The number of fused-ring (bicyclic) bond motifs is 1. The lowest BCUT2D eigenvalue weighted by Gasteiger charge is -2.31. The maximum atomic E-state index is 13.7. The van der Waals surface area contributed by atoms with Crippen molar-refractivity contribution in [3.05, 3.63) is 83.9 Å².